The maximum absolute atomic E-state index is 12.9. The molecule has 1 N–H and O–H groups in total. The van der Waals surface area contributed by atoms with E-state index in [4.69, 9.17) is 0 Å². The normalized spacial score (nSPS) is 18.7. The summed E-state index contributed by atoms with van der Waals surface area (Å²) < 4.78 is 1.95. The molecule has 25 heavy (non-hydrogen) atoms. The maximum atomic E-state index is 12.9. The molecule has 2 aromatic rings. The number of nitrogens with one attached hydrogen (secondary N) is 1. The molecule has 2 unspecified atom stereocenters. The van der Waals surface area contributed by atoms with Gasteiger partial charge in [-0.15, -0.1) is 0 Å². The molecule has 0 spiro atoms. The van der Waals surface area contributed by atoms with Crippen LogP contribution in [0.15, 0.2) is 42.6 Å². The second kappa shape index (κ2) is 8.30. The minimum Gasteiger partial charge on any atom is -0.337 e. The molecule has 1 fully saturated rings. The van der Waals surface area contributed by atoms with E-state index in [1.165, 1.54) is 5.56 Å². The van der Waals surface area contributed by atoms with Crippen LogP contribution >= 0.6 is 0 Å². The number of aromatic nitrogens is 2. The lowest BCUT2D eigenvalue weighted by atomic mass is 10.0. The van der Waals surface area contributed by atoms with Gasteiger partial charge in [-0.1, -0.05) is 37.3 Å². The Hall–Kier alpha value is -2.14. The molecule has 3 rings (SSSR count). The number of hydrogen-bond donors (Lipinski definition) is 1. The largest absolute Gasteiger partial charge is 0.337 e. The van der Waals surface area contributed by atoms with Crippen molar-refractivity contribution in [2.75, 3.05) is 20.1 Å². The molecule has 1 aromatic heterocycles. The van der Waals surface area contributed by atoms with Crippen LogP contribution in [0, 0.1) is 0 Å². The minimum atomic E-state index is 0.00491. The van der Waals surface area contributed by atoms with Crippen LogP contribution in [-0.4, -0.2) is 46.8 Å². The molecule has 1 saturated heterocycles. The molecule has 1 aliphatic rings. The van der Waals surface area contributed by atoms with Crippen molar-refractivity contribution in [1.82, 2.24) is 20.0 Å². The van der Waals surface area contributed by atoms with Crippen molar-refractivity contribution < 1.29 is 4.79 Å². The number of likely N-dealkylation sites (N-methyl/N-ethyl adjacent to an activating group) is 1. The average molecular weight is 340 g/mol. The van der Waals surface area contributed by atoms with Gasteiger partial charge >= 0.3 is 0 Å². The average Bonchev–Trinajstić information content (AvgIpc) is 3.16. The van der Waals surface area contributed by atoms with E-state index in [-0.39, 0.29) is 11.9 Å². The minimum absolute atomic E-state index is 0.00491. The quantitative estimate of drug-likeness (QED) is 0.880. The van der Waals surface area contributed by atoms with Gasteiger partial charge in [-0.05, 0) is 43.9 Å². The molecule has 5 heteroatoms. The van der Waals surface area contributed by atoms with E-state index >= 15 is 0 Å². The summed E-state index contributed by atoms with van der Waals surface area (Å²) in [6.45, 7) is 4.13. The van der Waals surface area contributed by atoms with E-state index in [9.17, 15) is 4.79 Å². The zero-order chi connectivity index (χ0) is 17.6. The Balaban J connectivity index is 1.67. The molecule has 1 aliphatic heterocycles. The van der Waals surface area contributed by atoms with Crippen LogP contribution in [0.1, 0.15) is 48.3 Å². The summed E-state index contributed by atoms with van der Waals surface area (Å²) in [5.41, 5.74) is 1.80. The zero-order valence-electron chi connectivity index (χ0n) is 15.2. The molecule has 1 aromatic carbocycles. The van der Waals surface area contributed by atoms with E-state index < -0.39 is 0 Å². The fourth-order valence-electron chi connectivity index (χ4n) is 3.50. The Morgan fingerprint density at radius 3 is 2.84 bits per heavy atom. The van der Waals surface area contributed by atoms with E-state index in [0.29, 0.717) is 11.7 Å². The van der Waals surface area contributed by atoms with E-state index in [0.717, 1.165) is 38.8 Å². The fraction of sp³-hybridized carbons (Fsp3) is 0.500. The van der Waals surface area contributed by atoms with Gasteiger partial charge in [-0.2, -0.15) is 5.10 Å². The third-order valence-corrected chi connectivity index (χ3v) is 5.13. The highest BCUT2D eigenvalue weighted by Gasteiger charge is 2.23. The maximum Gasteiger partial charge on any atom is 0.274 e. The second-order valence-corrected chi connectivity index (χ2v) is 6.85. The van der Waals surface area contributed by atoms with Gasteiger partial charge in [-0.3, -0.25) is 9.48 Å². The van der Waals surface area contributed by atoms with Crippen molar-refractivity contribution in [2.45, 2.75) is 44.7 Å². The number of piperidine rings is 1. The van der Waals surface area contributed by atoms with Crippen molar-refractivity contribution in [1.29, 1.82) is 0 Å². The number of nitrogens with zero attached hydrogens (tertiary/aromatic N) is 3. The third-order valence-electron chi connectivity index (χ3n) is 5.13. The first-order valence-corrected chi connectivity index (χ1v) is 9.26. The fourth-order valence-corrected chi connectivity index (χ4v) is 3.50. The first-order chi connectivity index (χ1) is 12.2. The number of carbonyl (C=O) groups excluding carboxylic acids is 1. The van der Waals surface area contributed by atoms with Gasteiger partial charge in [0.1, 0.15) is 5.69 Å². The SMILES string of the molecule is CCC(Cc1ccccc1)N(C)C(=O)c1ccn(C2CCCNC2)n1. The smallest absolute Gasteiger partial charge is 0.274 e. The van der Waals surface area contributed by atoms with Crippen LogP contribution < -0.4 is 5.32 Å². The van der Waals surface area contributed by atoms with Gasteiger partial charge in [0.25, 0.3) is 5.91 Å². The summed E-state index contributed by atoms with van der Waals surface area (Å²) >= 11 is 0. The van der Waals surface area contributed by atoms with Crippen LogP contribution in [-0.2, 0) is 6.42 Å². The third kappa shape index (κ3) is 4.28. The lowest BCUT2D eigenvalue weighted by molar-refractivity contribution is 0.0719. The summed E-state index contributed by atoms with van der Waals surface area (Å²) in [5, 5.41) is 7.96. The molecule has 1 amide bonds. The molecule has 134 valence electrons. The van der Waals surface area contributed by atoms with Gasteiger partial charge in [0.15, 0.2) is 0 Å². The van der Waals surface area contributed by atoms with Crippen molar-refractivity contribution in [3.63, 3.8) is 0 Å². The summed E-state index contributed by atoms with van der Waals surface area (Å²) in [5.74, 6) is 0.00491. The van der Waals surface area contributed by atoms with Crippen LogP contribution in [0.2, 0.25) is 0 Å². The first-order valence-electron chi connectivity index (χ1n) is 9.26. The summed E-state index contributed by atoms with van der Waals surface area (Å²) in [6.07, 6.45) is 6.00. The molecule has 0 radical (unpaired) electrons. The summed E-state index contributed by atoms with van der Waals surface area (Å²) in [7, 11) is 1.89. The zero-order valence-corrected chi connectivity index (χ0v) is 15.2. The van der Waals surface area contributed by atoms with Gasteiger partial charge in [0.05, 0.1) is 6.04 Å². The van der Waals surface area contributed by atoms with Gasteiger partial charge < -0.3 is 10.2 Å². The predicted octanol–water partition coefficient (Wildman–Crippen LogP) is 2.90. The predicted molar refractivity (Wildman–Crippen MR) is 99.7 cm³/mol. The topological polar surface area (TPSA) is 50.2 Å². The number of hydrogen-bond acceptors (Lipinski definition) is 3. The Morgan fingerprint density at radius 2 is 2.16 bits per heavy atom. The van der Waals surface area contributed by atoms with Crippen LogP contribution in [0.3, 0.4) is 0 Å². The van der Waals surface area contributed by atoms with Crippen molar-refractivity contribution in [3.8, 4) is 0 Å². The molecular weight excluding hydrogens is 312 g/mol. The van der Waals surface area contributed by atoms with Crippen molar-refractivity contribution in [3.05, 3.63) is 53.9 Å². The highest BCUT2D eigenvalue weighted by atomic mass is 16.2. The number of carbonyl (C=O) groups is 1. The lowest BCUT2D eigenvalue weighted by Gasteiger charge is -2.27. The molecule has 2 heterocycles. The summed E-state index contributed by atoms with van der Waals surface area (Å²) in [4.78, 5) is 14.7. The standard InChI is InChI=1S/C20H28N4O/c1-3-17(14-16-8-5-4-6-9-16)23(2)20(25)19-11-13-24(22-19)18-10-7-12-21-15-18/h4-6,8-9,11,13,17-18,21H,3,7,10,12,14-15H2,1-2H3. The van der Waals surface area contributed by atoms with Gasteiger partial charge in [0.2, 0.25) is 0 Å². The Morgan fingerprint density at radius 1 is 1.36 bits per heavy atom. The Kier molecular flexibility index (Phi) is 5.87. The van der Waals surface area contributed by atoms with E-state index in [1.807, 2.05) is 47.1 Å². The van der Waals surface area contributed by atoms with Crippen molar-refractivity contribution in [2.24, 2.45) is 0 Å². The molecule has 0 bridgehead atoms. The molecule has 2 atom stereocenters. The molecular formula is C20H28N4O. The van der Waals surface area contributed by atoms with Gasteiger partial charge in [0, 0.05) is 25.8 Å². The lowest BCUT2D eigenvalue weighted by Crippen LogP contribution is -2.38. The van der Waals surface area contributed by atoms with Crippen LogP contribution in [0.25, 0.3) is 0 Å². The molecule has 0 aliphatic carbocycles. The Labute approximate surface area is 150 Å². The number of rotatable bonds is 6. The van der Waals surface area contributed by atoms with Crippen molar-refractivity contribution >= 4 is 5.91 Å². The first kappa shape index (κ1) is 17.7. The second-order valence-electron chi connectivity index (χ2n) is 6.85. The van der Waals surface area contributed by atoms with Gasteiger partial charge in [-0.25, -0.2) is 0 Å². The van der Waals surface area contributed by atoms with E-state index in [2.05, 4.69) is 29.5 Å². The number of benzene rings is 1. The highest BCUT2D eigenvalue weighted by molar-refractivity contribution is 5.92. The monoisotopic (exact) mass is 340 g/mol. The van der Waals surface area contributed by atoms with Crippen LogP contribution in [0.5, 0.6) is 0 Å². The van der Waals surface area contributed by atoms with E-state index in [1.54, 1.807) is 0 Å². The number of amides is 1. The summed E-state index contributed by atoms with van der Waals surface area (Å²) in [6, 6.07) is 12.7. The van der Waals surface area contributed by atoms with Crippen LogP contribution in [0.4, 0.5) is 0 Å². The molecule has 0 saturated carbocycles. The highest BCUT2D eigenvalue weighted by Crippen LogP contribution is 2.17. The molecule has 5 nitrogen and oxygen atoms in total. The Bertz CT molecular complexity index is 676.